The summed E-state index contributed by atoms with van der Waals surface area (Å²) in [6, 6.07) is 6.21. The van der Waals surface area contributed by atoms with Crippen molar-refractivity contribution in [2.45, 2.75) is 43.7 Å². The zero-order chi connectivity index (χ0) is 17.7. The number of nitrogens with one attached hydrogen (secondary N) is 1. The minimum Gasteiger partial charge on any atom is -0.284 e. The highest BCUT2D eigenvalue weighted by atomic mass is 35.5. The zero-order valence-corrected chi connectivity index (χ0v) is 15.6. The Morgan fingerprint density at radius 1 is 1.17 bits per heavy atom. The van der Waals surface area contributed by atoms with Gasteiger partial charge in [-0.05, 0) is 43.5 Å². The van der Waals surface area contributed by atoms with E-state index >= 15 is 0 Å². The molecule has 0 radical (unpaired) electrons. The third-order valence-corrected chi connectivity index (χ3v) is 4.86. The first-order chi connectivity index (χ1) is 11.5. The van der Waals surface area contributed by atoms with Crippen LogP contribution in [0, 0.1) is 13.8 Å². The zero-order valence-electron chi connectivity index (χ0n) is 14.1. The third-order valence-electron chi connectivity index (χ3n) is 3.55. The lowest BCUT2D eigenvalue weighted by molar-refractivity contribution is 0.644. The van der Waals surface area contributed by atoms with E-state index in [1.807, 2.05) is 26.8 Å². The van der Waals surface area contributed by atoms with Crippen molar-refractivity contribution in [1.82, 2.24) is 9.55 Å². The second-order valence-corrected chi connectivity index (χ2v) is 6.93. The van der Waals surface area contributed by atoms with Crippen LogP contribution >= 0.6 is 23.4 Å². The number of aryl methyl sites for hydroxylation is 2. The second kappa shape index (κ2) is 8.40. The van der Waals surface area contributed by atoms with Gasteiger partial charge in [0, 0.05) is 22.9 Å². The van der Waals surface area contributed by atoms with Crippen molar-refractivity contribution >= 4 is 23.4 Å². The van der Waals surface area contributed by atoms with Crippen molar-refractivity contribution in [3.05, 3.63) is 67.9 Å². The van der Waals surface area contributed by atoms with Gasteiger partial charge in [0.15, 0.2) is 0 Å². The number of aromatic amines is 1. The van der Waals surface area contributed by atoms with Gasteiger partial charge in [0.05, 0.1) is 5.03 Å². The number of hydrogen-bond donors (Lipinski definition) is 1. The highest BCUT2D eigenvalue weighted by Crippen LogP contribution is 2.30. The molecule has 6 heteroatoms. The molecule has 0 aliphatic carbocycles. The van der Waals surface area contributed by atoms with E-state index < -0.39 is 5.69 Å². The Labute approximate surface area is 150 Å². The van der Waals surface area contributed by atoms with Crippen LogP contribution in [-0.2, 0) is 13.0 Å². The van der Waals surface area contributed by atoms with Crippen LogP contribution in [0.1, 0.15) is 23.6 Å². The number of alkyl halides is 1. The van der Waals surface area contributed by atoms with Crippen LogP contribution < -0.4 is 11.2 Å². The average molecular weight is 365 g/mol. The summed E-state index contributed by atoms with van der Waals surface area (Å²) in [6.07, 6.45) is 4.18. The number of rotatable bonds is 6. The van der Waals surface area contributed by atoms with Gasteiger partial charge in [0.2, 0.25) is 0 Å². The van der Waals surface area contributed by atoms with E-state index in [1.54, 1.807) is 10.6 Å². The fourth-order valence-electron chi connectivity index (χ4n) is 2.53. The van der Waals surface area contributed by atoms with Crippen LogP contribution in [0.3, 0.4) is 0 Å². The van der Waals surface area contributed by atoms with E-state index in [0.29, 0.717) is 29.4 Å². The van der Waals surface area contributed by atoms with E-state index in [1.165, 1.54) is 11.8 Å². The summed E-state index contributed by atoms with van der Waals surface area (Å²) < 4.78 is 1.59. The summed E-state index contributed by atoms with van der Waals surface area (Å²) in [6.45, 7) is 6.36. The Balaban J connectivity index is 2.58. The van der Waals surface area contributed by atoms with Crippen LogP contribution in [-0.4, -0.2) is 15.4 Å². The Kier molecular flexibility index (Phi) is 6.52. The predicted octanol–water partition coefficient (Wildman–Crippen LogP) is 3.66. The quantitative estimate of drug-likeness (QED) is 0.483. The summed E-state index contributed by atoms with van der Waals surface area (Å²) >= 11 is 7.11. The maximum Gasteiger partial charge on any atom is 0.329 e. The lowest BCUT2D eigenvalue weighted by atomic mass is 10.2. The lowest BCUT2D eigenvalue weighted by Crippen LogP contribution is -2.33. The van der Waals surface area contributed by atoms with Gasteiger partial charge in [-0.3, -0.25) is 14.3 Å². The van der Waals surface area contributed by atoms with E-state index in [2.05, 4.69) is 23.2 Å². The van der Waals surface area contributed by atoms with Crippen LogP contribution in [0.25, 0.3) is 0 Å². The van der Waals surface area contributed by atoms with Crippen LogP contribution in [0.15, 0.2) is 49.9 Å². The number of benzene rings is 1. The molecule has 0 atom stereocenters. The number of nitrogens with zero attached hydrogens (tertiary/aromatic N) is 1. The molecule has 0 unspecified atom stereocenters. The number of halogens is 1. The molecule has 2 rings (SSSR count). The van der Waals surface area contributed by atoms with E-state index in [-0.39, 0.29) is 5.56 Å². The number of aromatic nitrogens is 2. The van der Waals surface area contributed by atoms with Gasteiger partial charge < -0.3 is 0 Å². The normalized spacial score (nSPS) is 11.3. The summed E-state index contributed by atoms with van der Waals surface area (Å²) in [5.74, 6) is 0.387. The smallest absolute Gasteiger partial charge is 0.284 e. The molecular formula is C18H21ClN2O2S. The molecule has 2 aromatic rings. The molecule has 0 amide bonds. The minimum atomic E-state index is -0.400. The maximum atomic E-state index is 12.3. The molecule has 128 valence electrons. The molecule has 1 heterocycles. The molecule has 0 saturated carbocycles. The van der Waals surface area contributed by atoms with Gasteiger partial charge in [-0.25, -0.2) is 4.79 Å². The molecule has 0 bridgehead atoms. The van der Waals surface area contributed by atoms with Gasteiger partial charge >= 0.3 is 5.69 Å². The molecule has 4 nitrogen and oxygen atoms in total. The minimum absolute atomic E-state index is 0.313. The molecular weight excluding hydrogens is 344 g/mol. The Morgan fingerprint density at radius 3 is 2.42 bits per heavy atom. The molecule has 0 fully saturated rings. The summed E-state index contributed by atoms with van der Waals surface area (Å²) in [7, 11) is 0. The number of allylic oxidation sites excluding steroid dienone is 2. The fraction of sp³-hybridized carbons (Fsp3) is 0.333. The topological polar surface area (TPSA) is 54.9 Å². The van der Waals surface area contributed by atoms with E-state index in [0.717, 1.165) is 16.0 Å². The maximum absolute atomic E-state index is 12.3. The Hall–Kier alpha value is -1.72. The molecule has 0 aliphatic rings. The highest BCUT2D eigenvalue weighted by Gasteiger charge is 2.14. The first-order valence-corrected chi connectivity index (χ1v) is 9.14. The molecule has 1 aromatic heterocycles. The van der Waals surface area contributed by atoms with Gasteiger partial charge in [-0.15, -0.1) is 11.6 Å². The molecule has 1 aromatic carbocycles. The predicted molar refractivity (Wildman–Crippen MR) is 101 cm³/mol. The van der Waals surface area contributed by atoms with Gasteiger partial charge in [0.25, 0.3) is 5.56 Å². The lowest BCUT2D eigenvalue weighted by Gasteiger charge is -2.14. The number of hydrogen-bond acceptors (Lipinski definition) is 3. The van der Waals surface area contributed by atoms with Crippen molar-refractivity contribution in [3.8, 4) is 0 Å². The molecule has 0 saturated heterocycles. The summed E-state index contributed by atoms with van der Waals surface area (Å²) in [5.41, 5.74) is 2.21. The largest absolute Gasteiger partial charge is 0.329 e. The standard InChI is InChI=1S/C18H21ClN2O2S/c1-4-15-16(22)20-18(23)21(8-6-5-7-19)17(15)24-14-10-12(2)9-13(3)11-14/h5-6,9-11H,4,7-8H2,1-3H3,(H,20,22,23). The van der Waals surface area contributed by atoms with Crippen LogP contribution in [0.4, 0.5) is 0 Å². The molecule has 1 N–H and O–H groups in total. The summed E-state index contributed by atoms with van der Waals surface area (Å²) in [4.78, 5) is 27.9. The van der Waals surface area contributed by atoms with Gasteiger partial charge in [-0.2, -0.15) is 0 Å². The van der Waals surface area contributed by atoms with Crippen molar-refractivity contribution in [3.63, 3.8) is 0 Å². The number of H-pyrrole nitrogens is 1. The SMILES string of the molecule is CCc1c(Sc2cc(C)cc(C)c2)n(CC=CCCl)c(=O)[nH]c1=O. The van der Waals surface area contributed by atoms with E-state index in [9.17, 15) is 9.59 Å². The Morgan fingerprint density at radius 2 is 1.83 bits per heavy atom. The summed E-state index contributed by atoms with van der Waals surface area (Å²) in [5, 5.41) is 0.690. The van der Waals surface area contributed by atoms with Crippen molar-refractivity contribution in [2.75, 3.05) is 5.88 Å². The molecule has 24 heavy (non-hydrogen) atoms. The second-order valence-electron chi connectivity index (χ2n) is 5.56. The first kappa shape index (κ1) is 18.6. The van der Waals surface area contributed by atoms with Crippen LogP contribution in [0.5, 0.6) is 0 Å². The highest BCUT2D eigenvalue weighted by molar-refractivity contribution is 7.99. The van der Waals surface area contributed by atoms with E-state index in [4.69, 9.17) is 11.6 Å². The van der Waals surface area contributed by atoms with Crippen molar-refractivity contribution < 1.29 is 0 Å². The van der Waals surface area contributed by atoms with Crippen molar-refractivity contribution in [1.29, 1.82) is 0 Å². The van der Waals surface area contributed by atoms with Crippen LogP contribution in [0.2, 0.25) is 0 Å². The fourth-order valence-corrected chi connectivity index (χ4v) is 4.00. The monoisotopic (exact) mass is 364 g/mol. The molecule has 0 aliphatic heterocycles. The Bertz CT molecular complexity index is 848. The third kappa shape index (κ3) is 4.42. The van der Waals surface area contributed by atoms with Gasteiger partial charge in [0.1, 0.15) is 0 Å². The van der Waals surface area contributed by atoms with Gasteiger partial charge in [-0.1, -0.05) is 36.9 Å². The molecule has 0 spiro atoms. The average Bonchev–Trinajstić information content (AvgIpc) is 2.49. The van der Waals surface area contributed by atoms with Crippen molar-refractivity contribution in [2.24, 2.45) is 0 Å². The first-order valence-electron chi connectivity index (χ1n) is 7.79.